The summed E-state index contributed by atoms with van der Waals surface area (Å²) < 4.78 is 5.60. The smallest absolute Gasteiger partial charge is 0.262 e. The van der Waals surface area contributed by atoms with Crippen molar-refractivity contribution in [2.75, 3.05) is 7.11 Å². The Morgan fingerprint density at radius 3 is 2.64 bits per heavy atom. The van der Waals surface area contributed by atoms with E-state index in [0.29, 0.717) is 10.0 Å². The van der Waals surface area contributed by atoms with E-state index in [1.54, 1.807) is 6.07 Å². The number of nitrogens with one attached hydrogen (secondary N) is 1. The third-order valence-electron chi connectivity index (χ3n) is 3.61. The van der Waals surface area contributed by atoms with Crippen LogP contribution >= 0.6 is 15.9 Å². The van der Waals surface area contributed by atoms with E-state index >= 15 is 0 Å². The molecule has 0 aliphatic rings. The Morgan fingerprint density at radius 1 is 1.36 bits per heavy atom. The normalized spacial score (nSPS) is 12.2. The van der Waals surface area contributed by atoms with Crippen LogP contribution in [0.3, 0.4) is 0 Å². The maximum atomic E-state index is 12.4. The molecular weight excluding hydrogens is 384 g/mol. The van der Waals surface area contributed by atoms with Crippen LogP contribution in [0, 0.1) is 11.3 Å². The fourth-order valence-electron chi connectivity index (χ4n) is 2.24. The number of carbonyl (C=O) groups is 1. The van der Waals surface area contributed by atoms with Crippen LogP contribution in [0.15, 0.2) is 52.5 Å². The molecule has 0 aliphatic carbocycles. The molecule has 0 aromatic heterocycles. The molecule has 0 unspecified atom stereocenters. The van der Waals surface area contributed by atoms with E-state index in [0.717, 1.165) is 5.56 Å². The molecule has 0 saturated carbocycles. The number of halogens is 1. The Labute approximate surface area is 154 Å². The highest BCUT2D eigenvalue weighted by Crippen LogP contribution is 2.33. The second-order valence-corrected chi connectivity index (χ2v) is 6.18. The van der Waals surface area contributed by atoms with Gasteiger partial charge in [0, 0.05) is 4.47 Å². The SMILES string of the molecule is COc1cc(/C=C(/C#N)C(=O)N[C@@H](C)c2ccccc2)c(Br)cc1O. The summed E-state index contributed by atoms with van der Waals surface area (Å²) in [5.41, 5.74) is 1.45. The Balaban J connectivity index is 2.26. The standard InChI is InChI=1S/C19H17BrN2O3/c1-12(13-6-4-3-5-7-13)22-19(24)15(11-21)8-14-9-18(25-2)17(23)10-16(14)20/h3-10,12,23H,1-2H3,(H,22,24)/b15-8-/t12-/m0/s1. The molecule has 6 heteroatoms. The van der Waals surface area contributed by atoms with Crippen molar-refractivity contribution < 1.29 is 14.6 Å². The number of phenolic OH excluding ortho intramolecular Hbond substituents is 1. The molecule has 0 saturated heterocycles. The summed E-state index contributed by atoms with van der Waals surface area (Å²) in [5, 5.41) is 21.9. The zero-order chi connectivity index (χ0) is 18.4. The summed E-state index contributed by atoms with van der Waals surface area (Å²) in [6, 6.07) is 14.2. The number of aromatic hydroxyl groups is 1. The molecule has 0 heterocycles. The number of rotatable bonds is 5. The van der Waals surface area contributed by atoms with Gasteiger partial charge >= 0.3 is 0 Å². The highest BCUT2D eigenvalue weighted by molar-refractivity contribution is 9.10. The number of carbonyl (C=O) groups excluding carboxylic acids is 1. The number of hydrogen-bond acceptors (Lipinski definition) is 4. The average Bonchev–Trinajstić information content (AvgIpc) is 2.61. The lowest BCUT2D eigenvalue weighted by Gasteiger charge is -2.14. The fourth-order valence-corrected chi connectivity index (χ4v) is 2.68. The molecule has 5 nitrogen and oxygen atoms in total. The van der Waals surface area contributed by atoms with Gasteiger partial charge in [0.2, 0.25) is 0 Å². The third kappa shape index (κ3) is 4.61. The molecule has 1 atom stereocenters. The quantitative estimate of drug-likeness (QED) is 0.587. The number of phenols is 1. The Kier molecular flexibility index (Phi) is 6.20. The van der Waals surface area contributed by atoms with E-state index < -0.39 is 5.91 Å². The minimum Gasteiger partial charge on any atom is -0.504 e. The first kappa shape index (κ1) is 18.6. The topological polar surface area (TPSA) is 82.3 Å². The van der Waals surface area contributed by atoms with Crippen molar-refractivity contribution in [3.63, 3.8) is 0 Å². The van der Waals surface area contributed by atoms with Crippen LogP contribution in [0.5, 0.6) is 11.5 Å². The molecule has 0 radical (unpaired) electrons. The number of methoxy groups -OCH3 is 1. The monoisotopic (exact) mass is 400 g/mol. The van der Waals surface area contributed by atoms with Crippen LogP contribution in [0.25, 0.3) is 6.08 Å². The van der Waals surface area contributed by atoms with Crippen molar-refractivity contribution in [2.45, 2.75) is 13.0 Å². The van der Waals surface area contributed by atoms with E-state index in [9.17, 15) is 15.2 Å². The Hall–Kier alpha value is -2.78. The predicted octanol–water partition coefficient (Wildman–Crippen LogP) is 3.95. The largest absolute Gasteiger partial charge is 0.504 e. The fraction of sp³-hybridized carbons (Fsp3) is 0.158. The van der Waals surface area contributed by atoms with E-state index in [4.69, 9.17) is 4.74 Å². The summed E-state index contributed by atoms with van der Waals surface area (Å²) >= 11 is 3.30. The molecular formula is C19H17BrN2O3. The van der Waals surface area contributed by atoms with Gasteiger partial charge in [0.05, 0.1) is 13.2 Å². The second-order valence-electron chi connectivity index (χ2n) is 5.32. The molecule has 2 aromatic carbocycles. The highest BCUT2D eigenvalue weighted by atomic mass is 79.9. The van der Waals surface area contributed by atoms with Gasteiger partial charge in [-0.05, 0) is 36.3 Å². The molecule has 2 aromatic rings. The zero-order valence-corrected chi connectivity index (χ0v) is 15.4. The van der Waals surface area contributed by atoms with Gasteiger partial charge in [-0.1, -0.05) is 46.3 Å². The van der Waals surface area contributed by atoms with Gasteiger partial charge in [-0.3, -0.25) is 4.79 Å². The summed E-state index contributed by atoms with van der Waals surface area (Å²) in [6.45, 7) is 1.85. The van der Waals surface area contributed by atoms with Crippen molar-refractivity contribution in [1.82, 2.24) is 5.32 Å². The van der Waals surface area contributed by atoms with Gasteiger partial charge in [0.1, 0.15) is 11.6 Å². The van der Waals surface area contributed by atoms with Crippen molar-refractivity contribution in [3.8, 4) is 17.6 Å². The lowest BCUT2D eigenvalue weighted by atomic mass is 10.1. The van der Waals surface area contributed by atoms with Gasteiger partial charge in [0.15, 0.2) is 11.5 Å². The van der Waals surface area contributed by atoms with Crippen LogP contribution in [0.4, 0.5) is 0 Å². The lowest BCUT2D eigenvalue weighted by molar-refractivity contribution is -0.117. The van der Waals surface area contributed by atoms with Crippen LogP contribution < -0.4 is 10.1 Å². The van der Waals surface area contributed by atoms with Crippen molar-refractivity contribution in [2.24, 2.45) is 0 Å². The molecule has 128 valence electrons. The van der Waals surface area contributed by atoms with E-state index in [-0.39, 0.29) is 23.1 Å². The van der Waals surface area contributed by atoms with E-state index in [1.807, 2.05) is 43.3 Å². The molecule has 0 bridgehead atoms. The minimum atomic E-state index is -0.474. The van der Waals surface area contributed by atoms with Gasteiger partial charge in [-0.15, -0.1) is 0 Å². The molecule has 2 rings (SSSR count). The third-order valence-corrected chi connectivity index (χ3v) is 4.30. The Morgan fingerprint density at radius 2 is 2.04 bits per heavy atom. The summed E-state index contributed by atoms with van der Waals surface area (Å²) in [6.07, 6.45) is 1.44. The summed E-state index contributed by atoms with van der Waals surface area (Å²) in [7, 11) is 1.43. The van der Waals surface area contributed by atoms with Gasteiger partial charge in [0.25, 0.3) is 5.91 Å². The zero-order valence-electron chi connectivity index (χ0n) is 13.8. The number of nitriles is 1. The second kappa shape index (κ2) is 8.36. The molecule has 0 aliphatic heterocycles. The number of nitrogens with zero attached hydrogens (tertiary/aromatic N) is 1. The van der Waals surface area contributed by atoms with Crippen molar-refractivity contribution in [3.05, 3.63) is 63.6 Å². The van der Waals surface area contributed by atoms with E-state index in [2.05, 4.69) is 21.2 Å². The summed E-state index contributed by atoms with van der Waals surface area (Å²) in [4.78, 5) is 12.4. The van der Waals surface area contributed by atoms with Gasteiger partial charge in [-0.2, -0.15) is 5.26 Å². The Bertz CT molecular complexity index is 842. The van der Waals surface area contributed by atoms with Gasteiger partial charge < -0.3 is 15.2 Å². The predicted molar refractivity (Wildman–Crippen MR) is 98.9 cm³/mol. The molecule has 0 fully saturated rings. The van der Waals surface area contributed by atoms with Crippen LogP contribution in [0.2, 0.25) is 0 Å². The molecule has 2 N–H and O–H groups in total. The van der Waals surface area contributed by atoms with E-state index in [1.165, 1.54) is 19.3 Å². The maximum Gasteiger partial charge on any atom is 0.262 e. The number of ether oxygens (including phenoxy) is 1. The first-order valence-corrected chi connectivity index (χ1v) is 8.29. The number of benzene rings is 2. The van der Waals surface area contributed by atoms with Crippen LogP contribution in [-0.4, -0.2) is 18.1 Å². The van der Waals surface area contributed by atoms with Crippen molar-refractivity contribution >= 4 is 27.9 Å². The minimum absolute atomic E-state index is 0.0350. The maximum absolute atomic E-state index is 12.4. The summed E-state index contributed by atoms with van der Waals surface area (Å²) in [5.74, 6) is -0.255. The van der Waals surface area contributed by atoms with Gasteiger partial charge in [-0.25, -0.2) is 0 Å². The number of amides is 1. The average molecular weight is 401 g/mol. The van der Waals surface area contributed by atoms with Crippen LogP contribution in [-0.2, 0) is 4.79 Å². The first-order valence-electron chi connectivity index (χ1n) is 7.50. The number of hydrogen-bond donors (Lipinski definition) is 2. The molecule has 25 heavy (non-hydrogen) atoms. The van der Waals surface area contributed by atoms with Crippen molar-refractivity contribution in [1.29, 1.82) is 5.26 Å². The molecule has 0 spiro atoms. The first-order chi connectivity index (χ1) is 12.0. The molecule has 1 amide bonds. The lowest BCUT2D eigenvalue weighted by Crippen LogP contribution is -2.27. The van der Waals surface area contributed by atoms with Crippen LogP contribution in [0.1, 0.15) is 24.1 Å². The highest BCUT2D eigenvalue weighted by Gasteiger charge is 2.15.